The maximum Gasteiger partial charge on any atom is 0.191 e. The third-order valence-electron chi connectivity index (χ3n) is 6.30. The van der Waals surface area contributed by atoms with Gasteiger partial charge in [-0.2, -0.15) is 0 Å². The Morgan fingerprint density at radius 3 is 2.52 bits per heavy atom. The van der Waals surface area contributed by atoms with Gasteiger partial charge in [0.25, 0.3) is 0 Å². The van der Waals surface area contributed by atoms with E-state index in [0.29, 0.717) is 5.41 Å². The first-order valence-electron chi connectivity index (χ1n) is 10.9. The van der Waals surface area contributed by atoms with Crippen LogP contribution in [-0.2, 0) is 4.74 Å². The van der Waals surface area contributed by atoms with E-state index in [1.807, 2.05) is 13.1 Å². The van der Waals surface area contributed by atoms with Gasteiger partial charge in [-0.15, -0.1) is 0 Å². The van der Waals surface area contributed by atoms with Crippen molar-refractivity contribution in [2.75, 3.05) is 54.1 Å². The summed E-state index contributed by atoms with van der Waals surface area (Å²) in [7, 11) is 5.34. The number of rotatable bonds is 12. The first-order valence-corrected chi connectivity index (χ1v) is 10.9. The number of nitrogens with one attached hydrogen (secondary N) is 2. The first kappa shape index (κ1) is 23.5. The fraction of sp³-hybridized carbons (Fsp3) is 0.696. The first-order chi connectivity index (χ1) is 14.1. The molecule has 1 aliphatic rings. The van der Waals surface area contributed by atoms with Gasteiger partial charge >= 0.3 is 0 Å². The normalized spacial score (nSPS) is 17.0. The van der Waals surface area contributed by atoms with Crippen molar-refractivity contribution in [1.82, 2.24) is 15.5 Å². The number of methoxy groups -OCH3 is 2. The molecule has 1 aromatic carbocycles. The van der Waals surface area contributed by atoms with Crippen molar-refractivity contribution in [2.45, 2.75) is 45.6 Å². The minimum Gasteiger partial charge on any atom is -0.497 e. The molecule has 0 aliphatic heterocycles. The molecule has 1 saturated carbocycles. The highest BCUT2D eigenvalue weighted by Crippen LogP contribution is 2.43. The number of likely N-dealkylation sites (N-methyl/N-ethyl adjacent to an activating group) is 1. The van der Waals surface area contributed by atoms with Gasteiger partial charge in [-0.25, -0.2) is 0 Å². The monoisotopic (exact) mass is 404 g/mol. The lowest BCUT2D eigenvalue weighted by Crippen LogP contribution is -2.48. The van der Waals surface area contributed by atoms with Crippen molar-refractivity contribution in [3.8, 4) is 5.75 Å². The molecule has 1 aliphatic carbocycles. The number of aliphatic imine (C=N–C) groups is 1. The van der Waals surface area contributed by atoms with E-state index in [4.69, 9.17) is 9.47 Å². The van der Waals surface area contributed by atoms with Crippen LogP contribution in [0.3, 0.4) is 0 Å². The topological polar surface area (TPSA) is 58.1 Å². The molecule has 164 valence electrons. The van der Waals surface area contributed by atoms with E-state index in [-0.39, 0.29) is 6.04 Å². The summed E-state index contributed by atoms with van der Waals surface area (Å²) in [5, 5.41) is 7.12. The Bertz CT molecular complexity index is 627. The summed E-state index contributed by atoms with van der Waals surface area (Å²) in [5.74, 6) is 1.76. The van der Waals surface area contributed by atoms with Crippen LogP contribution < -0.4 is 15.4 Å². The van der Waals surface area contributed by atoms with Crippen LogP contribution >= 0.6 is 0 Å². The summed E-state index contributed by atoms with van der Waals surface area (Å²) in [6.07, 6.45) is 4.97. The minimum atomic E-state index is 0.254. The zero-order chi connectivity index (χ0) is 21.1. The van der Waals surface area contributed by atoms with Gasteiger partial charge in [-0.1, -0.05) is 32.4 Å². The number of guanidine groups is 1. The summed E-state index contributed by atoms with van der Waals surface area (Å²) in [4.78, 5) is 6.92. The van der Waals surface area contributed by atoms with Gasteiger partial charge in [-0.05, 0) is 55.5 Å². The zero-order valence-electron chi connectivity index (χ0n) is 19.0. The molecule has 0 saturated heterocycles. The Kier molecular flexibility index (Phi) is 9.74. The van der Waals surface area contributed by atoms with Gasteiger partial charge in [0.2, 0.25) is 0 Å². The standard InChI is InChI=1S/C23H40N4O2/c1-6-27(7-2)21(19-10-8-11-20(16-19)29-5)17-25-22(24-3)26-18-23(12-9-13-23)14-15-28-4/h8,10-11,16,21H,6-7,9,12-15,17-18H2,1-5H3,(H2,24,25,26). The molecule has 2 N–H and O–H groups in total. The number of benzene rings is 1. The summed E-state index contributed by atoms with van der Waals surface area (Å²) in [5.41, 5.74) is 1.62. The third-order valence-corrected chi connectivity index (χ3v) is 6.30. The molecule has 2 rings (SSSR count). The van der Waals surface area contributed by atoms with Crippen LogP contribution in [0.4, 0.5) is 0 Å². The second kappa shape index (κ2) is 12.0. The third kappa shape index (κ3) is 6.61. The van der Waals surface area contributed by atoms with E-state index < -0.39 is 0 Å². The fourth-order valence-electron chi connectivity index (χ4n) is 4.17. The van der Waals surface area contributed by atoms with E-state index in [1.165, 1.54) is 24.8 Å². The second-order valence-electron chi connectivity index (χ2n) is 7.92. The van der Waals surface area contributed by atoms with Crippen molar-refractivity contribution in [3.63, 3.8) is 0 Å². The minimum absolute atomic E-state index is 0.254. The highest BCUT2D eigenvalue weighted by molar-refractivity contribution is 5.79. The molecule has 0 amide bonds. The Hall–Kier alpha value is -1.79. The van der Waals surface area contributed by atoms with Crippen molar-refractivity contribution in [1.29, 1.82) is 0 Å². The molecule has 0 spiro atoms. The fourth-order valence-corrected chi connectivity index (χ4v) is 4.17. The molecule has 0 heterocycles. The lowest BCUT2D eigenvalue weighted by Gasteiger charge is -2.42. The molecule has 0 aromatic heterocycles. The molecule has 0 radical (unpaired) electrons. The van der Waals surface area contributed by atoms with Gasteiger partial charge in [0, 0.05) is 33.9 Å². The van der Waals surface area contributed by atoms with Crippen LogP contribution in [0, 0.1) is 5.41 Å². The largest absolute Gasteiger partial charge is 0.497 e. The Balaban J connectivity index is 2.00. The zero-order valence-corrected chi connectivity index (χ0v) is 19.0. The second-order valence-corrected chi connectivity index (χ2v) is 7.92. The number of hydrogen-bond donors (Lipinski definition) is 2. The number of hydrogen-bond acceptors (Lipinski definition) is 4. The van der Waals surface area contributed by atoms with Crippen molar-refractivity contribution < 1.29 is 9.47 Å². The molecule has 0 bridgehead atoms. The lowest BCUT2D eigenvalue weighted by atomic mass is 9.67. The van der Waals surface area contributed by atoms with E-state index in [0.717, 1.165) is 50.9 Å². The van der Waals surface area contributed by atoms with Crippen LogP contribution in [0.15, 0.2) is 29.3 Å². The summed E-state index contributed by atoms with van der Waals surface area (Å²) in [6.45, 7) is 8.97. The van der Waals surface area contributed by atoms with E-state index >= 15 is 0 Å². The summed E-state index contributed by atoms with van der Waals surface area (Å²) < 4.78 is 10.8. The average molecular weight is 405 g/mol. The molecular weight excluding hydrogens is 364 g/mol. The van der Waals surface area contributed by atoms with E-state index in [1.54, 1.807) is 14.2 Å². The SMILES string of the molecule is CCN(CC)C(CNC(=NC)NCC1(CCOC)CCC1)c1cccc(OC)c1. The predicted octanol–water partition coefficient (Wildman–Crippen LogP) is 3.45. The van der Waals surface area contributed by atoms with Crippen molar-refractivity contribution >= 4 is 5.96 Å². The molecular formula is C23H40N4O2. The average Bonchev–Trinajstić information content (AvgIpc) is 2.73. The van der Waals surface area contributed by atoms with Crippen LogP contribution in [0.5, 0.6) is 5.75 Å². The van der Waals surface area contributed by atoms with Crippen molar-refractivity contribution in [2.24, 2.45) is 10.4 Å². The van der Waals surface area contributed by atoms with Crippen LogP contribution in [0.1, 0.15) is 51.1 Å². The van der Waals surface area contributed by atoms with Gasteiger partial charge in [0.15, 0.2) is 5.96 Å². The molecule has 1 aromatic rings. The van der Waals surface area contributed by atoms with Gasteiger partial charge in [0.1, 0.15) is 5.75 Å². The van der Waals surface area contributed by atoms with E-state index in [9.17, 15) is 0 Å². The van der Waals surface area contributed by atoms with Crippen LogP contribution in [-0.4, -0.2) is 64.9 Å². The van der Waals surface area contributed by atoms with Crippen molar-refractivity contribution in [3.05, 3.63) is 29.8 Å². The summed E-state index contributed by atoms with van der Waals surface area (Å²) >= 11 is 0. The predicted molar refractivity (Wildman–Crippen MR) is 121 cm³/mol. The Labute approximate surface area is 177 Å². The van der Waals surface area contributed by atoms with Gasteiger partial charge in [-0.3, -0.25) is 9.89 Å². The Morgan fingerprint density at radius 2 is 1.97 bits per heavy atom. The highest BCUT2D eigenvalue weighted by Gasteiger charge is 2.36. The lowest BCUT2D eigenvalue weighted by molar-refractivity contribution is 0.0732. The molecule has 6 nitrogen and oxygen atoms in total. The maximum atomic E-state index is 5.44. The number of ether oxygens (including phenoxy) is 2. The molecule has 1 atom stereocenters. The molecule has 29 heavy (non-hydrogen) atoms. The van der Waals surface area contributed by atoms with Crippen LogP contribution in [0.2, 0.25) is 0 Å². The van der Waals surface area contributed by atoms with Gasteiger partial charge in [0.05, 0.1) is 13.2 Å². The molecule has 1 fully saturated rings. The smallest absolute Gasteiger partial charge is 0.191 e. The Morgan fingerprint density at radius 1 is 1.21 bits per heavy atom. The molecule has 1 unspecified atom stereocenters. The van der Waals surface area contributed by atoms with Gasteiger partial charge < -0.3 is 20.1 Å². The molecule has 6 heteroatoms. The highest BCUT2D eigenvalue weighted by atomic mass is 16.5. The van der Waals surface area contributed by atoms with Crippen LogP contribution in [0.25, 0.3) is 0 Å². The van der Waals surface area contributed by atoms with E-state index in [2.05, 4.69) is 52.6 Å². The number of nitrogens with zero attached hydrogens (tertiary/aromatic N) is 2. The maximum absolute atomic E-state index is 5.44. The summed E-state index contributed by atoms with van der Waals surface area (Å²) in [6, 6.07) is 8.62. The quantitative estimate of drug-likeness (QED) is 0.413.